The molecule has 1 aliphatic rings. The Kier molecular flexibility index (Phi) is 4.46. The zero-order valence-electron chi connectivity index (χ0n) is 12.4. The second-order valence-electron chi connectivity index (χ2n) is 5.52. The van der Waals surface area contributed by atoms with Crippen LogP contribution in [0.15, 0.2) is 51.8 Å². The molecule has 126 valence electrons. The van der Waals surface area contributed by atoms with Crippen molar-refractivity contribution in [2.75, 3.05) is 0 Å². The summed E-state index contributed by atoms with van der Waals surface area (Å²) in [4.78, 5) is 11.7. The predicted molar refractivity (Wildman–Crippen MR) is 90.0 cm³/mol. The predicted octanol–water partition coefficient (Wildman–Crippen LogP) is 2.19. The third kappa shape index (κ3) is 2.97. The summed E-state index contributed by atoms with van der Waals surface area (Å²) in [6.07, 6.45) is 0.212. The largest absolute Gasteiger partial charge is 0.368 e. The number of benzene rings is 2. The maximum atomic E-state index is 13.3. The number of amides is 1. The second-order valence-corrected chi connectivity index (χ2v) is 8.23. The third-order valence-electron chi connectivity index (χ3n) is 4.01. The first-order chi connectivity index (χ1) is 11.3. The van der Waals surface area contributed by atoms with Gasteiger partial charge >= 0.3 is 0 Å². The Morgan fingerprint density at radius 1 is 1.21 bits per heavy atom. The number of halogens is 2. The number of hydrogen-bond donors (Lipinski definition) is 1. The lowest BCUT2D eigenvalue weighted by molar-refractivity contribution is -0.122. The smallest absolute Gasteiger partial charge is 0.245 e. The average Bonchev–Trinajstić information content (AvgIpc) is 2.53. The van der Waals surface area contributed by atoms with Gasteiger partial charge in [-0.15, -0.1) is 0 Å². The van der Waals surface area contributed by atoms with Gasteiger partial charge in [-0.25, -0.2) is 12.8 Å². The molecule has 0 unspecified atom stereocenters. The highest BCUT2D eigenvalue weighted by atomic mass is 79.9. The Labute approximate surface area is 147 Å². The maximum absolute atomic E-state index is 13.3. The van der Waals surface area contributed by atoms with Gasteiger partial charge in [0.15, 0.2) is 0 Å². The van der Waals surface area contributed by atoms with Gasteiger partial charge in [0.25, 0.3) is 0 Å². The zero-order chi connectivity index (χ0) is 17.5. The van der Waals surface area contributed by atoms with Crippen molar-refractivity contribution in [3.63, 3.8) is 0 Å². The van der Waals surface area contributed by atoms with E-state index in [4.69, 9.17) is 5.73 Å². The first-order valence-electron chi connectivity index (χ1n) is 7.13. The van der Waals surface area contributed by atoms with Crippen molar-refractivity contribution in [3.05, 3.63) is 63.9 Å². The Hall–Kier alpha value is -1.77. The van der Waals surface area contributed by atoms with E-state index in [2.05, 4.69) is 15.9 Å². The van der Waals surface area contributed by atoms with Crippen LogP contribution in [-0.2, 0) is 27.8 Å². The van der Waals surface area contributed by atoms with Gasteiger partial charge in [-0.05, 0) is 51.7 Å². The molecule has 0 radical (unpaired) electrons. The van der Waals surface area contributed by atoms with Gasteiger partial charge in [-0.3, -0.25) is 4.79 Å². The minimum absolute atomic E-state index is 0.0376. The van der Waals surface area contributed by atoms with E-state index in [-0.39, 0.29) is 22.3 Å². The number of fused-ring (bicyclic) bond motifs is 1. The van der Waals surface area contributed by atoms with E-state index in [0.29, 0.717) is 0 Å². The van der Waals surface area contributed by atoms with Crippen LogP contribution in [0.4, 0.5) is 4.39 Å². The lowest BCUT2D eigenvalue weighted by atomic mass is 9.96. The number of carbonyl (C=O) groups is 1. The SMILES string of the molecule is NC(=O)[C@@H]1Cc2ccccc2CN1S(=O)(=O)c1ccc(F)cc1Br. The molecule has 1 atom stereocenters. The van der Waals surface area contributed by atoms with Crippen LogP contribution in [0.1, 0.15) is 11.1 Å². The van der Waals surface area contributed by atoms with Crippen molar-refractivity contribution in [3.8, 4) is 0 Å². The van der Waals surface area contributed by atoms with Crippen molar-refractivity contribution in [1.29, 1.82) is 0 Å². The number of nitrogens with zero attached hydrogens (tertiary/aromatic N) is 1. The zero-order valence-corrected chi connectivity index (χ0v) is 14.8. The molecule has 2 aromatic carbocycles. The molecule has 3 rings (SSSR count). The molecule has 0 aromatic heterocycles. The van der Waals surface area contributed by atoms with Gasteiger partial charge < -0.3 is 5.73 Å². The Morgan fingerprint density at radius 3 is 2.50 bits per heavy atom. The van der Waals surface area contributed by atoms with Crippen LogP contribution in [-0.4, -0.2) is 24.7 Å². The highest BCUT2D eigenvalue weighted by Gasteiger charge is 2.39. The average molecular weight is 413 g/mol. The quantitative estimate of drug-likeness (QED) is 0.838. The van der Waals surface area contributed by atoms with Crippen molar-refractivity contribution < 1.29 is 17.6 Å². The normalized spacial score (nSPS) is 18.2. The first kappa shape index (κ1) is 17.1. The minimum atomic E-state index is -4.03. The number of carbonyl (C=O) groups excluding carboxylic acids is 1. The van der Waals surface area contributed by atoms with Crippen LogP contribution in [0.25, 0.3) is 0 Å². The van der Waals surface area contributed by atoms with E-state index in [9.17, 15) is 17.6 Å². The molecule has 5 nitrogen and oxygen atoms in total. The third-order valence-corrected chi connectivity index (χ3v) is 6.85. The fourth-order valence-electron chi connectivity index (χ4n) is 2.80. The molecule has 1 aliphatic heterocycles. The highest BCUT2D eigenvalue weighted by molar-refractivity contribution is 9.10. The number of primary amides is 1. The molecular formula is C16H14BrFN2O3S. The first-order valence-corrected chi connectivity index (χ1v) is 9.37. The molecule has 0 saturated carbocycles. The second kappa shape index (κ2) is 6.27. The van der Waals surface area contributed by atoms with E-state index < -0.39 is 27.8 Å². The molecule has 0 aliphatic carbocycles. The summed E-state index contributed by atoms with van der Waals surface area (Å²) in [6.45, 7) is 0.0376. The molecule has 1 heterocycles. The number of sulfonamides is 1. The number of rotatable bonds is 3. The van der Waals surface area contributed by atoms with Crippen molar-refractivity contribution in [2.45, 2.75) is 23.9 Å². The van der Waals surface area contributed by atoms with Gasteiger partial charge in [0.1, 0.15) is 11.9 Å². The van der Waals surface area contributed by atoms with Gasteiger partial charge in [-0.2, -0.15) is 4.31 Å². The lowest BCUT2D eigenvalue weighted by Gasteiger charge is -2.34. The van der Waals surface area contributed by atoms with Crippen LogP contribution >= 0.6 is 15.9 Å². The summed E-state index contributed by atoms with van der Waals surface area (Å²) in [5.41, 5.74) is 7.15. The van der Waals surface area contributed by atoms with Gasteiger partial charge in [0.2, 0.25) is 15.9 Å². The summed E-state index contributed by atoms with van der Waals surface area (Å²) >= 11 is 3.08. The lowest BCUT2D eigenvalue weighted by Crippen LogP contribution is -2.51. The Morgan fingerprint density at radius 2 is 1.88 bits per heavy atom. The topological polar surface area (TPSA) is 80.5 Å². The molecule has 0 spiro atoms. The van der Waals surface area contributed by atoms with E-state index in [1.165, 1.54) is 6.07 Å². The Bertz CT molecular complexity index is 917. The molecule has 2 aromatic rings. The van der Waals surface area contributed by atoms with Crippen LogP contribution in [0.2, 0.25) is 0 Å². The van der Waals surface area contributed by atoms with Crippen LogP contribution in [0, 0.1) is 5.82 Å². The summed E-state index contributed by atoms with van der Waals surface area (Å²) in [5.74, 6) is -1.28. The fourth-order valence-corrected chi connectivity index (χ4v) is 5.39. The molecule has 0 saturated heterocycles. The summed E-state index contributed by atoms with van der Waals surface area (Å²) in [7, 11) is -4.03. The fraction of sp³-hybridized carbons (Fsp3) is 0.188. The molecule has 8 heteroatoms. The minimum Gasteiger partial charge on any atom is -0.368 e. The molecule has 24 heavy (non-hydrogen) atoms. The summed E-state index contributed by atoms with van der Waals surface area (Å²) in [6, 6.07) is 9.63. The molecular weight excluding hydrogens is 399 g/mol. The summed E-state index contributed by atoms with van der Waals surface area (Å²) in [5, 5.41) is 0. The van der Waals surface area contributed by atoms with Crippen molar-refractivity contribution in [2.24, 2.45) is 5.73 Å². The molecule has 1 amide bonds. The van der Waals surface area contributed by atoms with Crippen LogP contribution < -0.4 is 5.73 Å². The molecule has 0 bridgehead atoms. The Balaban J connectivity index is 2.10. The number of hydrogen-bond acceptors (Lipinski definition) is 3. The van der Waals surface area contributed by atoms with Crippen LogP contribution in [0.3, 0.4) is 0 Å². The summed E-state index contributed by atoms with van der Waals surface area (Å²) < 4.78 is 40.5. The van der Waals surface area contributed by atoms with E-state index in [0.717, 1.165) is 27.6 Å². The number of nitrogens with two attached hydrogens (primary N) is 1. The van der Waals surface area contributed by atoms with E-state index in [1.54, 1.807) is 0 Å². The molecule has 2 N–H and O–H groups in total. The van der Waals surface area contributed by atoms with Gasteiger partial charge in [0.05, 0.1) is 4.90 Å². The van der Waals surface area contributed by atoms with Crippen LogP contribution in [0.5, 0.6) is 0 Å². The standard InChI is InChI=1S/C16H14BrFN2O3S/c17-13-8-12(18)5-6-15(13)24(22,23)20-9-11-4-2-1-3-10(11)7-14(20)16(19)21/h1-6,8,14H,7,9H2,(H2,19,21)/t14-/m0/s1. The molecule has 0 fully saturated rings. The maximum Gasteiger partial charge on any atom is 0.245 e. The monoisotopic (exact) mass is 412 g/mol. The van der Waals surface area contributed by atoms with E-state index in [1.807, 2.05) is 24.3 Å². The van der Waals surface area contributed by atoms with Crippen molar-refractivity contribution >= 4 is 31.9 Å². The van der Waals surface area contributed by atoms with Crippen molar-refractivity contribution in [1.82, 2.24) is 4.31 Å². The highest BCUT2D eigenvalue weighted by Crippen LogP contribution is 2.32. The van der Waals surface area contributed by atoms with Gasteiger partial charge in [-0.1, -0.05) is 24.3 Å². The van der Waals surface area contributed by atoms with Gasteiger partial charge in [0, 0.05) is 11.0 Å². The van der Waals surface area contributed by atoms with E-state index >= 15 is 0 Å².